The molecule has 128 valence electrons. The van der Waals surface area contributed by atoms with E-state index in [1.165, 1.54) is 0 Å². The van der Waals surface area contributed by atoms with Crippen LogP contribution in [0.2, 0.25) is 0 Å². The van der Waals surface area contributed by atoms with Crippen LogP contribution in [0.3, 0.4) is 0 Å². The number of carbonyl (C=O) groups is 1. The van der Waals surface area contributed by atoms with Gasteiger partial charge < -0.3 is 10.3 Å². The Balaban J connectivity index is 1.88. The van der Waals surface area contributed by atoms with E-state index in [4.69, 9.17) is 0 Å². The van der Waals surface area contributed by atoms with Crippen LogP contribution in [0.25, 0.3) is 0 Å². The molecule has 0 saturated carbocycles. The zero-order chi connectivity index (χ0) is 17.7. The number of nitrogens with zero attached hydrogens (tertiary/aromatic N) is 2. The molecule has 0 saturated heterocycles. The van der Waals surface area contributed by atoms with Crippen LogP contribution in [-0.4, -0.2) is 26.9 Å². The maximum absolute atomic E-state index is 12.1. The fourth-order valence-electron chi connectivity index (χ4n) is 2.79. The third kappa shape index (κ3) is 5.01. The monoisotopic (exact) mass is 328 g/mol. The molecule has 2 heterocycles. The fourth-order valence-corrected chi connectivity index (χ4v) is 2.79. The zero-order valence-corrected chi connectivity index (χ0v) is 14.6. The third-order valence-corrected chi connectivity index (χ3v) is 3.92. The lowest BCUT2D eigenvalue weighted by Gasteiger charge is -2.14. The predicted molar refractivity (Wildman–Crippen MR) is 92.9 cm³/mol. The van der Waals surface area contributed by atoms with Gasteiger partial charge in [0, 0.05) is 41.7 Å². The number of pyridine rings is 1. The average molecular weight is 328 g/mol. The van der Waals surface area contributed by atoms with Crippen LogP contribution >= 0.6 is 0 Å². The second-order valence-corrected chi connectivity index (χ2v) is 6.17. The lowest BCUT2D eigenvalue weighted by Crippen LogP contribution is -2.34. The largest absolute Gasteiger partial charge is 0.353 e. The van der Waals surface area contributed by atoms with Crippen molar-refractivity contribution in [1.82, 2.24) is 20.3 Å². The first-order valence-electron chi connectivity index (χ1n) is 8.13. The van der Waals surface area contributed by atoms with E-state index >= 15 is 0 Å². The molecule has 0 fully saturated rings. The number of rotatable bonds is 6. The van der Waals surface area contributed by atoms with Crippen LogP contribution in [0.1, 0.15) is 41.7 Å². The quantitative estimate of drug-likeness (QED) is 0.846. The Morgan fingerprint density at radius 1 is 1.25 bits per heavy atom. The summed E-state index contributed by atoms with van der Waals surface area (Å²) >= 11 is 0. The van der Waals surface area contributed by atoms with Gasteiger partial charge in [0.05, 0.1) is 0 Å². The zero-order valence-electron chi connectivity index (χ0n) is 14.6. The maximum Gasteiger partial charge on any atom is 0.345 e. The van der Waals surface area contributed by atoms with Crippen molar-refractivity contribution >= 4 is 5.91 Å². The number of amides is 1. The van der Waals surface area contributed by atoms with Gasteiger partial charge in [0.25, 0.3) is 0 Å². The van der Waals surface area contributed by atoms with Crippen molar-refractivity contribution in [3.8, 4) is 0 Å². The van der Waals surface area contributed by atoms with Crippen LogP contribution in [0.4, 0.5) is 0 Å². The summed E-state index contributed by atoms with van der Waals surface area (Å²) in [6, 6.07) is 5.91. The van der Waals surface area contributed by atoms with Crippen LogP contribution in [0, 0.1) is 20.8 Å². The molecule has 0 aliphatic heterocycles. The van der Waals surface area contributed by atoms with E-state index in [9.17, 15) is 9.59 Å². The first-order chi connectivity index (χ1) is 11.3. The van der Waals surface area contributed by atoms with E-state index in [2.05, 4.69) is 20.3 Å². The van der Waals surface area contributed by atoms with E-state index < -0.39 is 0 Å². The Labute approximate surface area is 141 Å². The van der Waals surface area contributed by atoms with Crippen LogP contribution < -0.4 is 11.0 Å². The van der Waals surface area contributed by atoms with Gasteiger partial charge in [-0.1, -0.05) is 6.07 Å². The summed E-state index contributed by atoms with van der Waals surface area (Å²) in [4.78, 5) is 34.5. The molecular weight excluding hydrogens is 304 g/mol. The van der Waals surface area contributed by atoms with E-state index in [0.29, 0.717) is 25.0 Å². The van der Waals surface area contributed by atoms with Gasteiger partial charge in [-0.05, 0) is 51.8 Å². The summed E-state index contributed by atoms with van der Waals surface area (Å²) in [5, 5.41) is 3.00. The number of aromatic nitrogens is 3. The van der Waals surface area contributed by atoms with Gasteiger partial charge in [-0.3, -0.25) is 9.78 Å². The number of hydrogen-bond acceptors (Lipinski definition) is 4. The number of hydrogen-bond donors (Lipinski definition) is 2. The molecule has 0 aliphatic rings. The first kappa shape index (κ1) is 17.8. The fraction of sp³-hybridized carbons (Fsp3) is 0.444. The number of nitrogens with one attached hydrogen (secondary N) is 2. The van der Waals surface area contributed by atoms with E-state index in [-0.39, 0.29) is 17.6 Å². The minimum Gasteiger partial charge on any atom is -0.353 e. The lowest BCUT2D eigenvalue weighted by atomic mass is 10.1. The van der Waals surface area contributed by atoms with Crippen molar-refractivity contribution in [2.75, 3.05) is 0 Å². The Morgan fingerprint density at radius 3 is 2.67 bits per heavy atom. The molecule has 2 rings (SSSR count). The molecule has 1 amide bonds. The van der Waals surface area contributed by atoms with E-state index in [1.807, 2.05) is 39.0 Å². The second-order valence-electron chi connectivity index (χ2n) is 6.17. The van der Waals surface area contributed by atoms with Crippen molar-refractivity contribution in [3.05, 3.63) is 57.0 Å². The van der Waals surface area contributed by atoms with Gasteiger partial charge in [-0.15, -0.1) is 0 Å². The summed E-state index contributed by atoms with van der Waals surface area (Å²) in [7, 11) is 0. The number of aromatic amines is 1. The van der Waals surface area contributed by atoms with Gasteiger partial charge in [0.2, 0.25) is 5.91 Å². The van der Waals surface area contributed by atoms with Crippen molar-refractivity contribution < 1.29 is 4.79 Å². The summed E-state index contributed by atoms with van der Waals surface area (Å²) < 4.78 is 0. The topological polar surface area (TPSA) is 87.7 Å². The molecule has 1 unspecified atom stereocenters. The molecule has 2 aromatic rings. The number of carbonyl (C=O) groups excluding carboxylic acids is 1. The minimum atomic E-state index is -0.350. The lowest BCUT2D eigenvalue weighted by molar-refractivity contribution is -0.121. The smallest absolute Gasteiger partial charge is 0.345 e. The minimum absolute atomic E-state index is 0.0137. The Kier molecular flexibility index (Phi) is 5.84. The van der Waals surface area contributed by atoms with Gasteiger partial charge in [-0.2, -0.15) is 4.98 Å². The molecule has 0 spiro atoms. The molecule has 0 aliphatic carbocycles. The molecule has 6 nitrogen and oxygen atoms in total. The van der Waals surface area contributed by atoms with Gasteiger partial charge >= 0.3 is 5.69 Å². The van der Waals surface area contributed by atoms with Crippen LogP contribution in [0.15, 0.2) is 23.0 Å². The standard InChI is InChI=1S/C18H24N4O2/c1-11-6-5-7-15(19-11)10-12(2)20-17(23)9-8-16-13(3)21-18(24)22-14(16)4/h5-7,12H,8-10H2,1-4H3,(H,20,23)(H,21,22,24). The molecule has 2 aromatic heterocycles. The molecular formula is C18H24N4O2. The van der Waals surface area contributed by atoms with Gasteiger partial charge in [-0.25, -0.2) is 4.79 Å². The summed E-state index contributed by atoms with van der Waals surface area (Å²) in [5.74, 6) is -0.0137. The van der Waals surface area contributed by atoms with Crippen molar-refractivity contribution in [2.45, 2.75) is 53.0 Å². The predicted octanol–water partition coefficient (Wildman–Crippen LogP) is 1.77. The Morgan fingerprint density at radius 2 is 2.00 bits per heavy atom. The summed E-state index contributed by atoms with van der Waals surface area (Å²) in [6.07, 6.45) is 1.62. The van der Waals surface area contributed by atoms with Crippen molar-refractivity contribution in [1.29, 1.82) is 0 Å². The van der Waals surface area contributed by atoms with Crippen molar-refractivity contribution in [3.63, 3.8) is 0 Å². The number of aryl methyl sites for hydroxylation is 3. The molecule has 24 heavy (non-hydrogen) atoms. The highest BCUT2D eigenvalue weighted by molar-refractivity contribution is 5.76. The molecule has 2 N–H and O–H groups in total. The first-order valence-corrected chi connectivity index (χ1v) is 8.13. The highest BCUT2D eigenvalue weighted by atomic mass is 16.1. The maximum atomic E-state index is 12.1. The Hall–Kier alpha value is -2.50. The average Bonchev–Trinajstić information content (AvgIpc) is 2.45. The summed E-state index contributed by atoms with van der Waals surface area (Å²) in [6.45, 7) is 7.55. The molecule has 1 atom stereocenters. The molecule has 6 heteroatoms. The SMILES string of the molecule is Cc1cccc(CC(C)NC(=O)CCc2c(C)nc(=O)[nH]c2C)n1. The van der Waals surface area contributed by atoms with Gasteiger partial charge in [0.15, 0.2) is 0 Å². The van der Waals surface area contributed by atoms with E-state index in [1.54, 1.807) is 6.92 Å². The molecule has 0 bridgehead atoms. The van der Waals surface area contributed by atoms with Crippen LogP contribution in [0.5, 0.6) is 0 Å². The number of H-pyrrole nitrogens is 1. The van der Waals surface area contributed by atoms with E-state index in [0.717, 1.165) is 22.6 Å². The third-order valence-electron chi connectivity index (χ3n) is 3.92. The van der Waals surface area contributed by atoms with Gasteiger partial charge in [0.1, 0.15) is 0 Å². The molecule has 0 radical (unpaired) electrons. The highest BCUT2D eigenvalue weighted by Crippen LogP contribution is 2.10. The van der Waals surface area contributed by atoms with Crippen molar-refractivity contribution in [2.24, 2.45) is 0 Å². The van der Waals surface area contributed by atoms with Crippen LogP contribution in [-0.2, 0) is 17.6 Å². The Bertz CT molecular complexity index is 757. The second kappa shape index (κ2) is 7.86. The normalized spacial score (nSPS) is 12.0. The highest BCUT2D eigenvalue weighted by Gasteiger charge is 2.12. The molecule has 0 aromatic carbocycles. The summed E-state index contributed by atoms with van der Waals surface area (Å²) in [5.41, 5.74) is 3.98.